The minimum absolute atomic E-state index is 0.00624. The van der Waals surface area contributed by atoms with E-state index in [0.717, 1.165) is 33.2 Å². The van der Waals surface area contributed by atoms with Crippen molar-refractivity contribution in [2.75, 3.05) is 19.2 Å². The summed E-state index contributed by atoms with van der Waals surface area (Å²) in [5.41, 5.74) is 3.69. The number of benzene rings is 1. The monoisotopic (exact) mass is 507 g/mol. The van der Waals surface area contributed by atoms with E-state index in [1.807, 2.05) is 0 Å². The third kappa shape index (κ3) is 5.62. The van der Waals surface area contributed by atoms with E-state index in [-0.39, 0.29) is 28.2 Å². The molecule has 0 saturated carbocycles. The lowest BCUT2D eigenvalue weighted by Gasteiger charge is -2.28. The number of halogens is 2. The van der Waals surface area contributed by atoms with Gasteiger partial charge >= 0.3 is 6.09 Å². The molecule has 0 aliphatic carbocycles. The number of amides is 2. The minimum Gasteiger partial charge on any atom is -0.491 e. The number of nitrogens with two attached hydrogens (primary N) is 1. The lowest BCUT2D eigenvalue weighted by molar-refractivity contribution is 0.0549. The van der Waals surface area contributed by atoms with Gasteiger partial charge in [0.2, 0.25) is 5.43 Å². The van der Waals surface area contributed by atoms with Crippen molar-refractivity contribution in [3.8, 4) is 16.3 Å². The number of carbonyl (C=O) groups excluding carboxylic acids is 2. The molecule has 0 saturated heterocycles. The van der Waals surface area contributed by atoms with Gasteiger partial charge < -0.3 is 15.2 Å². The van der Waals surface area contributed by atoms with Crippen LogP contribution in [0.3, 0.4) is 0 Å². The van der Waals surface area contributed by atoms with Crippen LogP contribution in [0.2, 0.25) is 0 Å². The maximum Gasteiger partial charge on any atom is 0.429 e. The van der Waals surface area contributed by atoms with Gasteiger partial charge in [-0.05, 0) is 32.4 Å². The van der Waals surface area contributed by atoms with E-state index in [9.17, 15) is 23.2 Å². The Morgan fingerprint density at radius 1 is 1.23 bits per heavy atom. The van der Waals surface area contributed by atoms with Crippen molar-refractivity contribution in [2.24, 2.45) is 5.73 Å². The molecule has 3 aromatic rings. The Kier molecular flexibility index (Phi) is 7.19. The van der Waals surface area contributed by atoms with Crippen LogP contribution in [-0.4, -0.2) is 46.6 Å². The number of hydrogen-bond acceptors (Lipinski definition) is 8. The zero-order chi connectivity index (χ0) is 26.1. The zero-order valence-electron chi connectivity index (χ0n) is 19.6. The number of rotatable bonds is 6. The Morgan fingerprint density at radius 3 is 2.49 bits per heavy atom. The summed E-state index contributed by atoms with van der Waals surface area (Å²) in [6, 6.07) is 3.17. The largest absolute Gasteiger partial charge is 0.491 e. The highest BCUT2D eigenvalue weighted by Gasteiger charge is 2.28. The fraction of sp³-hybridized carbons (Fsp3) is 0.318. The van der Waals surface area contributed by atoms with Gasteiger partial charge in [0, 0.05) is 25.7 Å². The van der Waals surface area contributed by atoms with E-state index in [1.54, 1.807) is 20.8 Å². The quantitative estimate of drug-likeness (QED) is 0.543. The molecule has 0 spiro atoms. The second kappa shape index (κ2) is 9.78. The Bertz CT molecular complexity index is 1350. The summed E-state index contributed by atoms with van der Waals surface area (Å²) < 4.78 is 38.7. The van der Waals surface area contributed by atoms with E-state index in [0.29, 0.717) is 5.01 Å². The molecular formula is C22H23F2N5O5S. The Morgan fingerprint density at radius 2 is 1.91 bits per heavy atom. The van der Waals surface area contributed by atoms with Gasteiger partial charge in [-0.1, -0.05) is 17.4 Å². The molecule has 0 aliphatic heterocycles. The summed E-state index contributed by atoms with van der Waals surface area (Å²) in [4.78, 5) is 38.0. The van der Waals surface area contributed by atoms with Crippen molar-refractivity contribution < 1.29 is 27.8 Å². The molecule has 0 aliphatic rings. The third-order valence-electron chi connectivity index (χ3n) is 4.62. The topological polar surface area (TPSA) is 130 Å². The van der Waals surface area contributed by atoms with Gasteiger partial charge in [0.25, 0.3) is 5.91 Å². The number of primary amides is 1. The first kappa shape index (κ1) is 25.7. The average Bonchev–Trinajstić information content (AvgIpc) is 3.21. The second-order valence-corrected chi connectivity index (χ2v) is 9.44. The standard InChI is InChI=1S/C22H23F2N5O5S/c1-22(2,3)34-21(32)28(4)29-10-13(17(30)18(33-5)16(29)19(25)31)20-27-26-15(35-20)8-11-6-7-12(23)9-14(11)24/h6-7,9-10H,8H2,1-5H3,(H2,25,31). The van der Waals surface area contributed by atoms with Crippen LogP contribution in [0, 0.1) is 11.6 Å². The molecule has 0 radical (unpaired) electrons. The highest BCUT2D eigenvalue weighted by atomic mass is 32.1. The Hall–Kier alpha value is -3.87. The second-order valence-electron chi connectivity index (χ2n) is 8.38. The van der Waals surface area contributed by atoms with Crippen molar-refractivity contribution in [1.29, 1.82) is 0 Å². The molecule has 3 rings (SSSR count). The van der Waals surface area contributed by atoms with E-state index >= 15 is 0 Å². The number of ether oxygens (including phenoxy) is 2. The van der Waals surface area contributed by atoms with Crippen LogP contribution >= 0.6 is 11.3 Å². The zero-order valence-corrected chi connectivity index (χ0v) is 20.4. The fourth-order valence-corrected chi connectivity index (χ4v) is 3.93. The predicted molar refractivity (Wildman–Crippen MR) is 124 cm³/mol. The molecule has 2 heterocycles. The van der Waals surface area contributed by atoms with E-state index in [1.165, 1.54) is 26.4 Å². The number of carbonyl (C=O) groups is 2. The number of methoxy groups -OCH3 is 1. The van der Waals surface area contributed by atoms with Crippen LogP contribution < -0.4 is 20.9 Å². The van der Waals surface area contributed by atoms with Crippen LogP contribution in [0.15, 0.2) is 29.2 Å². The molecule has 0 fully saturated rings. The van der Waals surface area contributed by atoms with Crippen molar-refractivity contribution in [2.45, 2.75) is 32.8 Å². The highest BCUT2D eigenvalue weighted by Crippen LogP contribution is 2.27. The van der Waals surface area contributed by atoms with Gasteiger partial charge in [-0.25, -0.2) is 23.3 Å². The molecule has 186 valence electrons. The van der Waals surface area contributed by atoms with Crippen LogP contribution in [0.5, 0.6) is 5.75 Å². The lowest BCUT2D eigenvalue weighted by Crippen LogP contribution is -2.44. The SMILES string of the molecule is COc1c(C(N)=O)n(N(C)C(=O)OC(C)(C)C)cc(-c2nnc(Cc3ccc(F)cc3F)s2)c1=O. The normalized spacial score (nSPS) is 11.3. The molecule has 2 N–H and O–H groups in total. The molecule has 0 bridgehead atoms. The Labute approximate surface area is 202 Å². The third-order valence-corrected chi connectivity index (χ3v) is 5.58. The maximum absolute atomic E-state index is 14.0. The van der Waals surface area contributed by atoms with Gasteiger partial charge in [0.15, 0.2) is 16.5 Å². The van der Waals surface area contributed by atoms with Gasteiger partial charge in [0.1, 0.15) is 22.2 Å². The summed E-state index contributed by atoms with van der Waals surface area (Å²) in [6.07, 6.45) is 0.366. The summed E-state index contributed by atoms with van der Waals surface area (Å²) in [7, 11) is 2.49. The number of pyridine rings is 1. The van der Waals surface area contributed by atoms with Crippen molar-refractivity contribution in [3.63, 3.8) is 0 Å². The highest BCUT2D eigenvalue weighted by molar-refractivity contribution is 7.14. The first-order valence-electron chi connectivity index (χ1n) is 10.2. The average molecular weight is 508 g/mol. The van der Waals surface area contributed by atoms with E-state index in [4.69, 9.17) is 15.2 Å². The molecule has 2 amide bonds. The predicted octanol–water partition coefficient (Wildman–Crippen LogP) is 2.85. The summed E-state index contributed by atoms with van der Waals surface area (Å²) in [5.74, 6) is -2.88. The van der Waals surface area contributed by atoms with Gasteiger partial charge in [-0.3, -0.25) is 9.59 Å². The Balaban J connectivity index is 2.09. The summed E-state index contributed by atoms with van der Waals surface area (Å²) >= 11 is 0.978. The lowest BCUT2D eigenvalue weighted by atomic mass is 10.1. The maximum atomic E-state index is 14.0. The molecule has 1 aromatic carbocycles. The number of nitrogens with zero attached hydrogens (tertiary/aromatic N) is 4. The van der Waals surface area contributed by atoms with E-state index < -0.39 is 40.4 Å². The molecule has 0 atom stereocenters. The summed E-state index contributed by atoms with van der Waals surface area (Å²) in [5, 5.41) is 9.40. The molecule has 35 heavy (non-hydrogen) atoms. The van der Waals surface area contributed by atoms with Crippen LogP contribution in [-0.2, 0) is 11.2 Å². The molecule has 10 nitrogen and oxygen atoms in total. The molecule has 2 aromatic heterocycles. The molecular weight excluding hydrogens is 484 g/mol. The van der Waals surface area contributed by atoms with Crippen molar-refractivity contribution in [3.05, 3.63) is 62.5 Å². The first-order valence-corrected chi connectivity index (χ1v) is 11.0. The first-order chi connectivity index (χ1) is 16.3. The number of aromatic nitrogens is 3. The smallest absolute Gasteiger partial charge is 0.429 e. The number of hydrogen-bond donors (Lipinski definition) is 1. The fourth-order valence-electron chi connectivity index (χ4n) is 3.06. The molecule has 13 heteroatoms. The van der Waals surface area contributed by atoms with Gasteiger partial charge in [-0.2, -0.15) is 0 Å². The van der Waals surface area contributed by atoms with E-state index in [2.05, 4.69) is 10.2 Å². The van der Waals surface area contributed by atoms with Crippen LogP contribution in [0.4, 0.5) is 13.6 Å². The van der Waals surface area contributed by atoms with Gasteiger partial charge in [0.05, 0.1) is 12.7 Å². The summed E-state index contributed by atoms with van der Waals surface area (Å²) in [6.45, 7) is 4.99. The van der Waals surface area contributed by atoms with Crippen molar-refractivity contribution >= 4 is 23.3 Å². The van der Waals surface area contributed by atoms with Crippen LogP contribution in [0.25, 0.3) is 10.6 Å². The van der Waals surface area contributed by atoms with Crippen molar-refractivity contribution in [1.82, 2.24) is 14.9 Å². The van der Waals surface area contributed by atoms with Gasteiger partial charge in [-0.15, -0.1) is 10.2 Å². The molecule has 0 unspecified atom stereocenters. The minimum atomic E-state index is -1.02. The van der Waals surface area contributed by atoms with Crippen LogP contribution in [0.1, 0.15) is 41.8 Å².